The highest BCUT2D eigenvalue weighted by atomic mass is 32.1. The third-order valence-electron chi connectivity index (χ3n) is 3.53. The van der Waals surface area contributed by atoms with Crippen LogP contribution in [0.25, 0.3) is 21.7 Å². The number of fused-ring (bicyclic) bond motifs is 2. The van der Waals surface area contributed by atoms with Crippen molar-refractivity contribution in [1.29, 1.82) is 0 Å². The molecule has 1 N–H and O–H groups in total. The van der Waals surface area contributed by atoms with E-state index in [-0.39, 0.29) is 5.52 Å². The van der Waals surface area contributed by atoms with Crippen molar-refractivity contribution in [2.75, 3.05) is 0 Å². The number of nitrogens with zero attached hydrogens (tertiary/aromatic N) is 1. The van der Waals surface area contributed by atoms with Crippen LogP contribution in [0.1, 0.15) is 16.9 Å². The summed E-state index contributed by atoms with van der Waals surface area (Å²) >= 11 is 1.69. The van der Waals surface area contributed by atoms with Crippen LogP contribution in [0.5, 0.6) is 0 Å². The van der Waals surface area contributed by atoms with E-state index in [2.05, 4.69) is 16.0 Å². The zero-order chi connectivity index (χ0) is 13.0. The molecule has 4 rings (SSSR count). The highest BCUT2D eigenvalue weighted by molar-refractivity contribution is 7.15. The Kier molecular flexibility index (Phi) is 2.26. The zero-order valence-electron chi connectivity index (χ0n) is 9.96. The SMILES string of the molecule is Fc1ccc2[nH]c(-c3cc4c(s3)CCC4)nc2c1F. The molecule has 0 saturated heterocycles. The van der Waals surface area contributed by atoms with Crippen LogP contribution in [-0.4, -0.2) is 9.97 Å². The van der Waals surface area contributed by atoms with E-state index in [1.807, 2.05) is 0 Å². The molecule has 2 heterocycles. The smallest absolute Gasteiger partial charge is 0.186 e. The molecule has 1 aliphatic carbocycles. The van der Waals surface area contributed by atoms with Crippen LogP contribution < -0.4 is 0 Å². The Labute approximate surface area is 112 Å². The molecular weight excluding hydrogens is 266 g/mol. The number of aromatic nitrogens is 2. The molecule has 0 radical (unpaired) electrons. The number of rotatable bonds is 1. The fourth-order valence-corrected chi connectivity index (χ4v) is 3.78. The Balaban J connectivity index is 1.88. The molecule has 0 aliphatic heterocycles. The minimum Gasteiger partial charge on any atom is -0.337 e. The molecule has 0 atom stereocenters. The van der Waals surface area contributed by atoms with Gasteiger partial charge in [-0.05, 0) is 43.0 Å². The van der Waals surface area contributed by atoms with Crippen molar-refractivity contribution in [2.45, 2.75) is 19.3 Å². The van der Waals surface area contributed by atoms with E-state index in [1.54, 1.807) is 11.3 Å². The molecule has 2 aromatic heterocycles. The van der Waals surface area contributed by atoms with Crippen molar-refractivity contribution in [3.63, 3.8) is 0 Å². The number of H-pyrrole nitrogens is 1. The van der Waals surface area contributed by atoms with E-state index in [0.29, 0.717) is 11.3 Å². The summed E-state index contributed by atoms with van der Waals surface area (Å²) in [6.07, 6.45) is 3.43. The van der Waals surface area contributed by atoms with Crippen LogP contribution in [0.3, 0.4) is 0 Å². The van der Waals surface area contributed by atoms with Crippen LogP contribution in [0, 0.1) is 11.6 Å². The lowest BCUT2D eigenvalue weighted by molar-refractivity contribution is 0.515. The molecule has 96 valence electrons. The van der Waals surface area contributed by atoms with Gasteiger partial charge in [-0.25, -0.2) is 13.8 Å². The topological polar surface area (TPSA) is 28.7 Å². The molecule has 0 unspecified atom stereocenters. The van der Waals surface area contributed by atoms with Gasteiger partial charge in [0.05, 0.1) is 10.4 Å². The maximum absolute atomic E-state index is 13.6. The van der Waals surface area contributed by atoms with E-state index in [4.69, 9.17) is 0 Å². The minimum absolute atomic E-state index is 0.0727. The van der Waals surface area contributed by atoms with Gasteiger partial charge < -0.3 is 4.98 Å². The molecule has 0 saturated carbocycles. The molecule has 0 bridgehead atoms. The maximum atomic E-state index is 13.6. The van der Waals surface area contributed by atoms with Gasteiger partial charge in [0.1, 0.15) is 11.3 Å². The van der Waals surface area contributed by atoms with Crippen molar-refractivity contribution in [1.82, 2.24) is 9.97 Å². The van der Waals surface area contributed by atoms with E-state index < -0.39 is 11.6 Å². The molecular formula is C14H10F2N2S. The van der Waals surface area contributed by atoms with Gasteiger partial charge in [-0.15, -0.1) is 11.3 Å². The summed E-state index contributed by atoms with van der Waals surface area (Å²) in [6.45, 7) is 0. The van der Waals surface area contributed by atoms with Crippen LogP contribution in [0.15, 0.2) is 18.2 Å². The summed E-state index contributed by atoms with van der Waals surface area (Å²) in [4.78, 5) is 9.65. The molecule has 5 heteroatoms. The monoisotopic (exact) mass is 276 g/mol. The molecule has 2 nitrogen and oxygen atoms in total. The summed E-state index contributed by atoms with van der Waals surface area (Å²) in [6, 6.07) is 4.75. The van der Waals surface area contributed by atoms with Crippen molar-refractivity contribution < 1.29 is 8.78 Å². The number of benzene rings is 1. The molecule has 19 heavy (non-hydrogen) atoms. The third-order valence-corrected chi connectivity index (χ3v) is 4.77. The Morgan fingerprint density at radius 3 is 2.95 bits per heavy atom. The van der Waals surface area contributed by atoms with Crippen LogP contribution in [0.2, 0.25) is 0 Å². The van der Waals surface area contributed by atoms with Gasteiger partial charge in [-0.3, -0.25) is 0 Å². The van der Waals surface area contributed by atoms with Gasteiger partial charge in [0.25, 0.3) is 0 Å². The average molecular weight is 276 g/mol. The number of hydrogen-bond acceptors (Lipinski definition) is 2. The maximum Gasteiger partial charge on any atom is 0.186 e. The largest absolute Gasteiger partial charge is 0.337 e. The zero-order valence-corrected chi connectivity index (χ0v) is 10.8. The van der Waals surface area contributed by atoms with Crippen LogP contribution in [0.4, 0.5) is 8.78 Å². The second-order valence-corrected chi connectivity index (χ2v) is 5.89. The molecule has 1 aliphatic rings. The van der Waals surface area contributed by atoms with Gasteiger partial charge in [0, 0.05) is 4.88 Å². The highest BCUT2D eigenvalue weighted by Gasteiger charge is 2.18. The van der Waals surface area contributed by atoms with E-state index >= 15 is 0 Å². The number of halogens is 2. The van der Waals surface area contributed by atoms with Crippen molar-refractivity contribution in [3.8, 4) is 10.7 Å². The van der Waals surface area contributed by atoms with Crippen LogP contribution >= 0.6 is 11.3 Å². The quantitative estimate of drug-likeness (QED) is 0.713. The number of imidazole rings is 1. The summed E-state index contributed by atoms with van der Waals surface area (Å²) in [7, 11) is 0. The number of aryl methyl sites for hydroxylation is 2. The number of thiophene rings is 1. The Morgan fingerprint density at radius 1 is 1.21 bits per heavy atom. The Bertz CT molecular complexity index is 767. The number of aromatic amines is 1. The molecule has 0 spiro atoms. The second kappa shape index (κ2) is 3.87. The fourth-order valence-electron chi connectivity index (χ4n) is 2.58. The standard InChI is InChI=1S/C14H10F2N2S/c15-8-4-5-9-13(12(8)16)18-14(17-9)11-6-7-2-1-3-10(7)19-11/h4-6H,1-3H2,(H,17,18). The summed E-state index contributed by atoms with van der Waals surface area (Å²) in [5, 5.41) is 0. The first kappa shape index (κ1) is 11.1. The first-order valence-corrected chi connectivity index (χ1v) is 7.00. The van der Waals surface area contributed by atoms with Crippen molar-refractivity contribution in [3.05, 3.63) is 40.3 Å². The summed E-state index contributed by atoms with van der Waals surface area (Å²) < 4.78 is 26.8. The van der Waals surface area contributed by atoms with E-state index in [0.717, 1.165) is 23.8 Å². The number of hydrogen-bond donors (Lipinski definition) is 1. The first-order chi connectivity index (χ1) is 9.22. The van der Waals surface area contributed by atoms with Crippen molar-refractivity contribution >= 4 is 22.4 Å². The predicted octanol–water partition coefficient (Wildman–Crippen LogP) is 4.06. The minimum atomic E-state index is -0.885. The van der Waals surface area contributed by atoms with Gasteiger partial charge >= 0.3 is 0 Å². The van der Waals surface area contributed by atoms with Gasteiger partial charge in [-0.1, -0.05) is 0 Å². The lowest BCUT2D eigenvalue weighted by atomic mass is 10.2. The summed E-state index contributed by atoms with van der Waals surface area (Å²) in [5.41, 5.74) is 1.97. The molecule has 0 amide bonds. The fraction of sp³-hybridized carbons (Fsp3) is 0.214. The predicted molar refractivity (Wildman–Crippen MR) is 71.3 cm³/mol. The van der Waals surface area contributed by atoms with Gasteiger partial charge in [0.15, 0.2) is 11.6 Å². The van der Waals surface area contributed by atoms with Crippen molar-refractivity contribution in [2.24, 2.45) is 0 Å². The van der Waals surface area contributed by atoms with Gasteiger partial charge in [0.2, 0.25) is 0 Å². The highest BCUT2D eigenvalue weighted by Crippen LogP contribution is 2.36. The molecule has 1 aromatic carbocycles. The lowest BCUT2D eigenvalue weighted by Gasteiger charge is -1.91. The third kappa shape index (κ3) is 1.61. The number of nitrogens with one attached hydrogen (secondary N) is 1. The normalized spacial score (nSPS) is 14.2. The van der Waals surface area contributed by atoms with Gasteiger partial charge in [-0.2, -0.15) is 0 Å². The second-order valence-electron chi connectivity index (χ2n) is 4.76. The molecule has 3 aromatic rings. The summed E-state index contributed by atoms with van der Waals surface area (Å²) in [5.74, 6) is -1.12. The lowest BCUT2D eigenvalue weighted by Crippen LogP contribution is -1.84. The molecule has 0 fully saturated rings. The Morgan fingerprint density at radius 2 is 2.11 bits per heavy atom. The van der Waals surface area contributed by atoms with Crippen LogP contribution in [-0.2, 0) is 12.8 Å². The Hall–Kier alpha value is -1.75. The van der Waals surface area contributed by atoms with E-state index in [1.165, 1.54) is 22.9 Å². The average Bonchev–Trinajstić information content (AvgIpc) is 3.05. The van der Waals surface area contributed by atoms with E-state index in [9.17, 15) is 8.78 Å². The first-order valence-electron chi connectivity index (χ1n) is 6.18.